The van der Waals surface area contributed by atoms with Gasteiger partial charge in [0.1, 0.15) is 0 Å². The van der Waals surface area contributed by atoms with E-state index in [4.69, 9.17) is 10.00 Å². The van der Waals surface area contributed by atoms with Gasteiger partial charge in [-0.2, -0.15) is 5.26 Å². The molecule has 0 aromatic rings. The molecular formula is C12H22N2O. The fraction of sp³-hybridized carbons (Fsp3) is 0.917. The highest BCUT2D eigenvalue weighted by Crippen LogP contribution is 2.17. The Bertz CT molecular complexity index is 212. The Balaban J connectivity index is 2.33. The molecule has 3 nitrogen and oxygen atoms in total. The van der Waals surface area contributed by atoms with E-state index in [0.717, 1.165) is 32.3 Å². The predicted octanol–water partition coefficient (Wildman–Crippen LogP) is 2.23. The molecule has 0 spiro atoms. The summed E-state index contributed by atoms with van der Waals surface area (Å²) in [6.07, 6.45) is 5.33. The lowest BCUT2D eigenvalue weighted by Gasteiger charge is -2.31. The Morgan fingerprint density at radius 3 is 2.93 bits per heavy atom. The van der Waals surface area contributed by atoms with E-state index in [0.29, 0.717) is 24.6 Å². The van der Waals surface area contributed by atoms with E-state index in [1.54, 1.807) is 0 Å². The van der Waals surface area contributed by atoms with Crippen molar-refractivity contribution in [2.45, 2.75) is 64.1 Å². The molecule has 1 heterocycles. The van der Waals surface area contributed by atoms with Crippen LogP contribution in [0, 0.1) is 11.3 Å². The summed E-state index contributed by atoms with van der Waals surface area (Å²) in [6, 6.07) is 3.14. The van der Waals surface area contributed by atoms with Crippen molar-refractivity contribution in [2.24, 2.45) is 0 Å². The number of nitrogens with one attached hydrogen (secondary N) is 1. The van der Waals surface area contributed by atoms with E-state index < -0.39 is 0 Å². The van der Waals surface area contributed by atoms with Crippen molar-refractivity contribution in [3.63, 3.8) is 0 Å². The van der Waals surface area contributed by atoms with E-state index in [2.05, 4.69) is 25.2 Å². The van der Waals surface area contributed by atoms with Crippen LogP contribution in [0.5, 0.6) is 0 Å². The highest BCUT2D eigenvalue weighted by atomic mass is 16.5. The molecule has 86 valence electrons. The molecule has 0 aromatic heterocycles. The first-order chi connectivity index (χ1) is 7.30. The molecule has 3 heteroatoms. The Morgan fingerprint density at radius 1 is 1.53 bits per heavy atom. The van der Waals surface area contributed by atoms with Crippen molar-refractivity contribution >= 4 is 0 Å². The number of hydrogen-bond donors (Lipinski definition) is 1. The van der Waals surface area contributed by atoms with Crippen LogP contribution >= 0.6 is 0 Å². The second kappa shape index (κ2) is 6.81. The fourth-order valence-electron chi connectivity index (χ4n) is 2.08. The molecule has 1 fully saturated rings. The number of hydrogen-bond acceptors (Lipinski definition) is 3. The van der Waals surface area contributed by atoms with Gasteiger partial charge in [0.2, 0.25) is 0 Å². The maximum Gasteiger partial charge on any atom is 0.0638 e. The van der Waals surface area contributed by atoms with Gasteiger partial charge in [0.05, 0.1) is 18.6 Å². The van der Waals surface area contributed by atoms with Crippen molar-refractivity contribution < 1.29 is 4.74 Å². The van der Waals surface area contributed by atoms with Gasteiger partial charge in [-0.25, -0.2) is 0 Å². The molecule has 0 amide bonds. The lowest BCUT2D eigenvalue weighted by molar-refractivity contribution is -0.00193. The van der Waals surface area contributed by atoms with Gasteiger partial charge < -0.3 is 10.1 Å². The Kier molecular flexibility index (Phi) is 5.67. The first-order valence-corrected chi connectivity index (χ1v) is 6.04. The van der Waals surface area contributed by atoms with Crippen molar-refractivity contribution in [3.05, 3.63) is 0 Å². The minimum absolute atomic E-state index is 0.357. The molecule has 0 radical (unpaired) electrons. The average Bonchev–Trinajstić information content (AvgIpc) is 2.29. The molecule has 3 unspecified atom stereocenters. The van der Waals surface area contributed by atoms with Crippen LogP contribution < -0.4 is 5.32 Å². The van der Waals surface area contributed by atoms with Crippen molar-refractivity contribution in [1.29, 1.82) is 5.26 Å². The summed E-state index contributed by atoms with van der Waals surface area (Å²) in [4.78, 5) is 0. The van der Waals surface area contributed by atoms with Gasteiger partial charge in [-0.3, -0.25) is 0 Å². The predicted molar refractivity (Wildman–Crippen MR) is 60.5 cm³/mol. The summed E-state index contributed by atoms with van der Waals surface area (Å²) in [5.74, 6) is 0. The molecule has 0 saturated carbocycles. The van der Waals surface area contributed by atoms with Crippen LogP contribution in [0.3, 0.4) is 0 Å². The third kappa shape index (κ3) is 4.19. The molecule has 1 aliphatic heterocycles. The second-order valence-electron chi connectivity index (χ2n) is 4.26. The van der Waals surface area contributed by atoms with E-state index >= 15 is 0 Å². The van der Waals surface area contributed by atoms with Crippen LogP contribution in [0.2, 0.25) is 0 Å². The molecule has 0 aromatic carbocycles. The van der Waals surface area contributed by atoms with Crippen LogP contribution in [0.1, 0.15) is 46.0 Å². The first kappa shape index (κ1) is 12.5. The standard InChI is InChI=1S/C12H22N2O/c1-3-10(5-7-13)14-11-6-8-15-12(4-2)9-11/h10-12,14H,3-6,8-9H2,1-2H3. The smallest absolute Gasteiger partial charge is 0.0638 e. The van der Waals surface area contributed by atoms with Gasteiger partial charge in [0, 0.05) is 18.7 Å². The van der Waals surface area contributed by atoms with Gasteiger partial charge in [-0.1, -0.05) is 13.8 Å². The Hall–Kier alpha value is -0.590. The maximum atomic E-state index is 8.68. The zero-order valence-electron chi connectivity index (χ0n) is 9.83. The monoisotopic (exact) mass is 210 g/mol. The third-order valence-corrected chi connectivity index (χ3v) is 3.12. The normalized spacial score (nSPS) is 28.3. The summed E-state index contributed by atoms with van der Waals surface area (Å²) in [6.45, 7) is 5.16. The molecule has 3 atom stereocenters. The molecule has 0 aliphatic carbocycles. The van der Waals surface area contributed by atoms with Gasteiger partial charge in [0.15, 0.2) is 0 Å². The molecule has 0 bridgehead atoms. The van der Waals surface area contributed by atoms with E-state index in [1.165, 1.54) is 0 Å². The van der Waals surface area contributed by atoms with Gasteiger partial charge in [-0.15, -0.1) is 0 Å². The summed E-state index contributed by atoms with van der Waals surface area (Å²) in [5.41, 5.74) is 0. The lowest BCUT2D eigenvalue weighted by atomic mass is 9.99. The molecule has 1 N–H and O–H groups in total. The van der Waals surface area contributed by atoms with Gasteiger partial charge >= 0.3 is 0 Å². The Morgan fingerprint density at radius 2 is 2.33 bits per heavy atom. The summed E-state index contributed by atoms with van der Waals surface area (Å²) < 4.78 is 5.63. The van der Waals surface area contributed by atoms with Crippen molar-refractivity contribution in [1.82, 2.24) is 5.32 Å². The summed E-state index contributed by atoms with van der Waals surface area (Å²) in [7, 11) is 0. The SMILES string of the molecule is CCC(CC#N)NC1CCOC(CC)C1. The second-order valence-corrected chi connectivity index (χ2v) is 4.26. The lowest BCUT2D eigenvalue weighted by Crippen LogP contribution is -2.43. The van der Waals surface area contributed by atoms with Crippen LogP contribution in [0.25, 0.3) is 0 Å². The molecule has 1 saturated heterocycles. The third-order valence-electron chi connectivity index (χ3n) is 3.12. The van der Waals surface area contributed by atoms with E-state index in [1.807, 2.05) is 0 Å². The minimum atomic E-state index is 0.357. The average molecular weight is 210 g/mol. The highest BCUT2D eigenvalue weighted by Gasteiger charge is 2.22. The number of ether oxygens (including phenoxy) is 1. The van der Waals surface area contributed by atoms with Gasteiger partial charge in [0.25, 0.3) is 0 Å². The topological polar surface area (TPSA) is 45.0 Å². The van der Waals surface area contributed by atoms with Crippen LogP contribution in [0.4, 0.5) is 0 Å². The maximum absolute atomic E-state index is 8.68. The number of rotatable bonds is 5. The Labute approximate surface area is 92.8 Å². The zero-order chi connectivity index (χ0) is 11.1. The van der Waals surface area contributed by atoms with Crippen LogP contribution in [0.15, 0.2) is 0 Å². The van der Waals surface area contributed by atoms with Crippen molar-refractivity contribution in [2.75, 3.05) is 6.61 Å². The molecular weight excluding hydrogens is 188 g/mol. The van der Waals surface area contributed by atoms with E-state index in [9.17, 15) is 0 Å². The summed E-state index contributed by atoms with van der Waals surface area (Å²) >= 11 is 0. The molecule has 15 heavy (non-hydrogen) atoms. The number of nitriles is 1. The van der Waals surface area contributed by atoms with Gasteiger partial charge in [-0.05, 0) is 25.7 Å². The number of nitrogens with zero attached hydrogens (tertiary/aromatic N) is 1. The zero-order valence-corrected chi connectivity index (χ0v) is 9.83. The van der Waals surface area contributed by atoms with Crippen LogP contribution in [-0.2, 0) is 4.74 Å². The van der Waals surface area contributed by atoms with E-state index in [-0.39, 0.29) is 0 Å². The van der Waals surface area contributed by atoms with Crippen molar-refractivity contribution in [3.8, 4) is 6.07 Å². The largest absolute Gasteiger partial charge is 0.378 e. The quantitative estimate of drug-likeness (QED) is 0.756. The first-order valence-electron chi connectivity index (χ1n) is 6.04. The highest BCUT2D eigenvalue weighted by molar-refractivity contribution is 4.84. The summed E-state index contributed by atoms with van der Waals surface area (Å²) in [5, 5.41) is 12.2. The molecule has 1 aliphatic rings. The fourth-order valence-corrected chi connectivity index (χ4v) is 2.08. The minimum Gasteiger partial charge on any atom is -0.378 e. The molecule has 1 rings (SSSR count). The van der Waals surface area contributed by atoms with Crippen LogP contribution in [-0.4, -0.2) is 24.8 Å².